The van der Waals surface area contributed by atoms with Crippen molar-refractivity contribution in [1.29, 1.82) is 0 Å². The lowest BCUT2D eigenvalue weighted by molar-refractivity contribution is 0.101. The maximum absolute atomic E-state index is 13.2. The smallest absolute Gasteiger partial charge is 0.228 e. The highest BCUT2D eigenvalue weighted by atomic mass is 16.3. The molecule has 0 aliphatic heterocycles. The summed E-state index contributed by atoms with van der Waals surface area (Å²) in [6, 6.07) is 34.0. The van der Waals surface area contributed by atoms with Crippen LogP contribution in [0.4, 0.5) is 0 Å². The normalized spacial score (nSPS) is 11.5. The van der Waals surface area contributed by atoms with Crippen LogP contribution in [-0.2, 0) is 0 Å². The highest BCUT2D eigenvalue weighted by Gasteiger charge is 2.18. The van der Waals surface area contributed by atoms with Crippen molar-refractivity contribution in [2.45, 2.75) is 0 Å². The fraction of sp³-hybridized carbons (Fsp3) is 0. The number of rotatable bonds is 3. The zero-order valence-corrected chi connectivity index (χ0v) is 16.1. The Labute approximate surface area is 172 Å². The minimum Gasteiger partial charge on any atom is -0.453 e. The molecule has 0 radical (unpaired) electrons. The molecule has 2 aromatic heterocycles. The number of carbonyl (C=O) groups excluding carboxylic acids is 1. The number of hydrogen-bond donors (Lipinski definition) is 0. The van der Waals surface area contributed by atoms with Crippen LogP contribution in [0.2, 0.25) is 0 Å². The second-order valence-corrected chi connectivity index (χ2v) is 7.40. The average Bonchev–Trinajstić information content (AvgIpc) is 3.38. The fourth-order valence-electron chi connectivity index (χ4n) is 4.21. The third-order valence-electron chi connectivity index (χ3n) is 5.60. The Bertz CT molecular complexity index is 1520. The standard InChI is InChI=1S/C27H17NO2/c29-27(26-17-18-8-4-7-13-25(18)30-26)19-14-15-24-22(16-19)21-11-5-6-12-23(21)28(24)20-9-2-1-3-10-20/h1-17H. The van der Waals surface area contributed by atoms with Crippen molar-refractivity contribution >= 4 is 38.6 Å². The first-order valence-corrected chi connectivity index (χ1v) is 9.91. The molecule has 0 bridgehead atoms. The summed E-state index contributed by atoms with van der Waals surface area (Å²) in [4.78, 5) is 13.2. The monoisotopic (exact) mass is 387 g/mol. The number of para-hydroxylation sites is 3. The van der Waals surface area contributed by atoms with Gasteiger partial charge in [-0.1, -0.05) is 54.6 Å². The van der Waals surface area contributed by atoms with Gasteiger partial charge in [0.15, 0.2) is 5.76 Å². The second kappa shape index (κ2) is 6.46. The van der Waals surface area contributed by atoms with E-state index in [1.54, 1.807) is 0 Å². The molecule has 142 valence electrons. The summed E-state index contributed by atoms with van der Waals surface area (Å²) < 4.78 is 8.04. The van der Waals surface area contributed by atoms with Gasteiger partial charge in [0.1, 0.15) is 5.58 Å². The summed E-state index contributed by atoms with van der Waals surface area (Å²) >= 11 is 0. The van der Waals surface area contributed by atoms with Crippen molar-refractivity contribution in [3.63, 3.8) is 0 Å². The molecule has 30 heavy (non-hydrogen) atoms. The van der Waals surface area contributed by atoms with Gasteiger partial charge in [-0.05, 0) is 48.5 Å². The molecule has 0 unspecified atom stereocenters. The Morgan fingerprint density at radius 2 is 1.40 bits per heavy atom. The molecular formula is C27H17NO2. The van der Waals surface area contributed by atoms with Crippen LogP contribution < -0.4 is 0 Å². The van der Waals surface area contributed by atoms with Crippen molar-refractivity contribution in [3.05, 3.63) is 114 Å². The van der Waals surface area contributed by atoms with E-state index in [0.717, 1.165) is 38.5 Å². The Hall–Kier alpha value is -4.11. The van der Waals surface area contributed by atoms with E-state index < -0.39 is 0 Å². The molecule has 0 aliphatic carbocycles. The molecular weight excluding hydrogens is 370 g/mol. The van der Waals surface area contributed by atoms with Gasteiger partial charge in [0.05, 0.1) is 11.0 Å². The predicted octanol–water partition coefficient (Wildman–Crippen LogP) is 6.76. The number of nitrogens with zero attached hydrogens (tertiary/aromatic N) is 1. The Morgan fingerprint density at radius 1 is 0.667 bits per heavy atom. The van der Waals surface area contributed by atoms with Gasteiger partial charge in [-0.3, -0.25) is 4.79 Å². The van der Waals surface area contributed by atoms with Gasteiger partial charge in [-0.25, -0.2) is 0 Å². The van der Waals surface area contributed by atoms with E-state index >= 15 is 0 Å². The number of carbonyl (C=O) groups is 1. The van der Waals surface area contributed by atoms with Gasteiger partial charge >= 0.3 is 0 Å². The molecule has 0 fully saturated rings. The average molecular weight is 387 g/mol. The fourth-order valence-corrected chi connectivity index (χ4v) is 4.21. The van der Waals surface area contributed by atoms with Crippen LogP contribution in [0, 0.1) is 0 Å². The third-order valence-corrected chi connectivity index (χ3v) is 5.60. The van der Waals surface area contributed by atoms with E-state index in [1.807, 2.05) is 78.9 Å². The first kappa shape index (κ1) is 16.8. The molecule has 0 atom stereocenters. The van der Waals surface area contributed by atoms with Crippen molar-refractivity contribution in [2.75, 3.05) is 0 Å². The van der Waals surface area contributed by atoms with Crippen LogP contribution in [0.1, 0.15) is 16.1 Å². The van der Waals surface area contributed by atoms with E-state index in [1.165, 1.54) is 0 Å². The molecule has 0 N–H and O–H groups in total. The molecule has 2 heterocycles. The molecule has 0 saturated heterocycles. The number of hydrogen-bond acceptors (Lipinski definition) is 2. The van der Waals surface area contributed by atoms with Crippen LogP contribution >= 0.6 is 0 Å². The number of ketones is 1. The quantitative estimate of drug-likeness (QED) is 0.314. The predicted molar refractivity (Wildman–Crippen MR) is 120 cm³/mol. The van der Waals surface area contributed by atoms with Crippen LogP contribution in [-0.4, -0.2) is 10.4 Å². The van der Waals surface area contributed by atoms with Crippen LogP contribution in [0.15, 0.2) is 108 Å². The van der Waals surface area contributed by atoms with Gasteiger partial charge in [0, 0.05) is 27.4 Å². The summed E-state index contributed by atoms with van der Waals surface area (Å²) in [5.74, 6) is 0.256. The third kappa shape index (κ3) is 2.49. The second-order valence-electron chi connectivity index (χ2n) is 7.40. The molecule has 6 aromatic rings. The summed E-state index contributed by atoms with van der Waals surface area (Å²) in [5.41, 5.74) is 4.63. The van der Waals surface area contributed by atoms with E-state index in [4.69, 9.17) is 4.42 Å². The van der Waals surface area contributed by atoms with E-state index in [0.29, 0.717) is 11.3 Å². The van der Waals surface area contributed by atoms with Crippen molar-refractivity contribution in [2.24, 2.45) is 0 Å². The molecule has 0 aliphatic rings. The Kier molecular flexibility index (Phi) is 3.62. The van der Waals surface area contributed by atoms with Gasteiger partial charge in [0.25, 0.3) is 0 Å². The van der Waals surface area contributed by atoms with Crippen LogP contribution in [0.25, 0.3) is 38.5 Å². The summed E-state index contributed by atoms with van der Waals surface area (Å²) in [5, 5.41) is 3.11. The minimum atomic E-state index is -0.107. The zero-order chi connectivity index (χ0) is 20.1. The summed E-state index contributed by atoms with van der Waals surface area (Å²) in [6.45, 7) is 0. The molecule has 6 rings (SSSR count). The number of benzene rings is 4. The van der Waals surface area contributed by atoms with Gasteiger partial charge in [-0.15, -0.1) is 0 Å². The van der Waals surface area contributed by atoms with E-state index in [2.05, 4.69) is 28.8 Å². The molecule has 0 amide bonds. The van der Waals surface area contributed by atoms with E-state index in [-0.39, 0.29) is 5.78 Å². The first-order chi connectivity index (χ1) is 14.8. The van der Waals surface area contributed by atoms with Crippen molar-refractivity contribution in [3.8, 4) is 5.69 Å². The van der Waals surface area contributed by atoms with Crippen molar-refractivity contribution < 1.29 is 9.21 Å². The van der Waals surface area contributed by atoms with Crippen molar-refractivity contribution in [1.82, 2.24) is 4.57 Å². The number of fused-ring (bicyclic) bond motifs is 4. The largest absolute Gasteiger partial charge is 0.453 e. The lowest BCUT2D eigenvalue weighted by Gasteiger charge is -2.07. The zero-order valence-electron chi connectivity index (χ0n) is 16.1. The Morgan fingerprint density at radius 3 is 2.27 bits per heavy atom. The van der Waals surface area contributed by atoms with Crippen LogP contribution in [0.3, 0.4) is 0 Å². The summed E-state index contributed by atoms with van der Waals surface area (Å²) in [6.07, 6.45) is 0. The summed E-state index contributed by atoms with van der Waals surface area (Å²) in [7, 11) is 0. The topological polar surface area (TPSA) is 35.1 Å². The number of aromatic nitrogens is 1. The molecule has 0 spiro atoms. The minimum absolute atomic E-state index is 0.107. The first-order valence-electron chi connectivity index (χ1n) is 9.91. The molecule has 3 nitrogen and oxygen atoms in total. The lowest BCUT2D eigenvalue weighted by atomic mass is 10.0. The van der Waals surface area contributed by atoms with Crippen LogP contribution in [0.5, 0.6) is 0 Å². The maximum atomic E-state index is 13.2. The molecule has 3 heteroatoms. The maximum Gasteiger partial charge on any atom is 0.228 e. The van der Waals surface area contributed by atoms with Gasteiger partial charge in [0.2, 0.25) is 5.78 Å². The highest BCUT2D eigenvalue weighted by molar-refractivity contribution is 6.15. The van der Waals surface area contributed by atoms with Gasteiger partial charge in [-0.2, -0.15) is 0 Å². The van der Waals surface area contributed by atoms with E-state index in [9.17, 15) is 4.79 Å². The molecule has 0 saturated carbocycles. The molecule has 4 aromatic carbocycles. The lowest BCUT2D eigenvalue weighted by Crippen LogP contribution is -1.99. The number of furan rings is 1. The highest BCUT2D eigenvalue weighted by Crippen LogP contribution is 2.33. The Balaban J connectivity index is 1.56. The SMILES string of the molecule is O=C(c1ccc2c(c1)c1ccccc1n2-c1ccccc1)c1cc2ccccc2o1. The van der Waals surface area contributed by atoms with Gasteiger partial charge < -0.3 is 8.98 Å².